The summed E-state index contributed by atoms with van der Waals surface area (Å²) in [6, 6.07) is 17.5. The lowest BCUT2D eigenvalue weighted by molar-refractivity contribution is -0.135. The van der Waals surface area contributed by atoms with E-state index >= 15 is 0 Å². The molecule has 1 aliphatic rings. The average molecular weight is 378 g/mol. The zero-order valence-electron chi connectivity index (χ0n) is 16.4. The van der Waals surface area contributed by atoms with Crippen LogP contribution in [-0.2, 0) is 20.9 Å². The first kappa shape index (κ1) is 19.8. The Bertz CT molecular complexity index is 848. The van der Waals surface area contributed by atoms with Crippen molar-refractivity contribution in [3.8, 4) is 0 Å². The minimum atomic E-state index is -0.299. The van der Waals surface area contributed by atoms with Gasteiger partial charge in [0.15, 0.2) is 0 Å². The third kappa shape index (κ3) is 4.67. The molecule has 0 bridgehead atoms. The Morgan fingerprint density at radius 3 is 2.50 bits per heavy atom. The number of fused-ring (bicyclic) bond motifs is 1. The fraction of sp³-hybridized carbons (Fsp3) is 0.304. The van der Waals surface area contributed by atoms with Crippen LogP contribution < -0.4 is 0 Å². The second-order valence-corrected chi connectivity index (χ2v) is 6.88. The van der Waals surface area contributed by atoms with E-state index in [2.05, 4.69) is 0 Å². The molecule has 1 heterocycles. The number of hydrogen-bond acceptors (Lipinski definition) is 3. The molecule has 0 radical (unpaired) electrons. The van der Waals surface area contributed by atoms with Crippen LogP contribution in [-0.4, -0.2) is 41.9 Å². The molecule has 3 rings (SSSR count). The standard InChI is InChI=1S/C23H26N2O3/c1-18(26)25-13-12-20-10-6-7-11-21(20)22(25)16-23(27)24(14-15-28-2)17-19-8-4-3-5-9-19/h3-13,22H,14-17H2,1-2H3. The van der Waals surface area contributed by atoms with Gasteiger partial charge >= 0.3 is 0 Å². The number of ether oxygens (including phenoxy) is 1. The van der Waals surface area contributed by atoms with Gasteiger partial charge in [0.1, 0.15) is 0 Å². The number of hydrogen-bond donors (Lipinski definition) is 0. The van der Waals surface area contributed by atoms with Crippen LogP contribution in [0.4, 0.5) is 0 Å². The fourth-order valence-electron chi connectivity index (χ4n) is 3.50. The van der Waals surface area contributed by atoms with Crippen LogP contribution in [0, 0.1) is 0 Å². The van der Waals surface area contributed by atoms with Crippen molar-refractivity contribution in [2.75, 3.05) is 20.3 Å². The van der Waals surface area contributed by atoms with Gasteiger partial charge in [-0.3, -0.25) is 9.59 Å². The van der Waals surface area contributed by atoms with Crippen molar-refractivity contribution in [1.82, 2.24) is 9.80 Å². The van der Waals surface area contributed by atoms with Gasteiger partial charge in [-0.25, -0.2) is 0 Å². The molecule has 0 aliphatic carbocycles. The number of benzene rings is 2. The van der Waals surface area contributed by atoms with E-state index in [0.29, 0.717) is 19.7 Å². The molecule has 2 aromatic rings. The number of rotatable bonds is 7. The zero-order valence-corrected chi connectivity index (χ0v) is 16.4. The van der Waals surface area contributed by atoms with Crippen molar-refractivity contribution in [1.29, 1.82) is 0 Å². The highest BCUT2D eigenvalue weighted by atomic mass is 16.5. The van der Waals surface area contributed by atoms with Gasteiger partial charge in [-0.1, -0.05) is 54.6 Å². The summed E-state index contributed by atoms with van der Waals surface area (Å²) in [5.74, 6) is -0.0719. The van der Waals surface area contributed by atoms with Crippen LogP contribution in [0.3, 0.4) is 0 Å². The number of carbonyl (C=O) groups excluding carboxylic acids is 2. The minimum absolute atomic E-state index is 0.00209. The quantitative estimate of drug-likeness (QED) is 0.739. The predicted octanol–water partition coefficient (Wildman–Crippen LogP) is 3.63. The van der Waals surface area contributed by atoms with Gasteiger partial charge in [0, 0.05) is 33.3 Å². The summed E-state index contributed by atoms with van der Waals surface area (Å²) >= 11 is 0. The number of nitrogens with zero attached hydrogens (tertiary/aromatic N) is 2. The van der Waals surface area contributed by atoms with Gasteiger partial charge in [0.05, 0.1) is 19.1 Å². The monoisotopic (exact) mass is 378 g/mol. The first-order valence-corrected chi connectivity index (χ1v) is 9.47. The van der Waals surface area contributed by atoms with E-state index in [-0.39, 0.29) is 24.3 Å². The van der Waals surface area contributed by atoms with E-state index in [1.807, 2.05) is 60.7 Å². The summed E-state index contributed by atoms with van der Waals surface area (Å²) in [6.07, 6.45) is 3.93. The second kappa shape index (κ2) is 9.33. The highest BCUT2D eigenvalue weighted by Crippen LogP contribution is 2.33. The molecule has 2 amide bonds. The van der Waals surface area contributed by atoms with E-state index in [1.54, 1.807) is 23.1 Å². The summed E-state index contributed by atoms with van der Waals surface area (Å²) in [6.45, 7) is 3.03. The van der Waals surface area contributed by atoms with Crippen molar-refractivity contribution in [2.45, 2.75) is 25.9 Å². The molecular formula is C23H26N2O3. The average Bonchev–Trinajstić information content (AvgIpc) is 2.71. The third-order valence-corrected chi connectivity index (χ3v) is 4.97. The van der Waals surface area contributed by atoms with E-state index in [4.69, 9.17) is 4.74 Å². The van der Waals surface area contributed by atoms with Crippen LogP contribution in [0.2, 0.25) is 0 Å². The largest absolute Gasteiger partial charge is 0.383 e. The predicted molar refractivity (Wildman–Crippen MR) is 109 cm³/mol. The summed E-state index contributed by atoms with van der Waals surface area (Å²) in [4.78, 5) is 28.8. The van der Waals surface area contributed by atoms with Gasteiger partial charge in [-0.2, -0.15) is 0 Å². The normalized spacial score (nSPS) is 15.2. The van der Waals surface area contributed by atoms with E-state index in [9.17, 15) is 9.59 Å². The molecule has 0 N–H and O–H groups in total. The minimum Gasteiger partial charge on any atom is -0.383 e. The van der Waals surface area contributed by atoms with E-state index in [0.717, 1.165) is 16.7 Å². The Morgan fingerprint density at radius 1 is 1.07 bits per heavy atom. The third-order valence-electron chi connectivity index (χ3n) is 4.97. The number of methoxy groups -OCH3 is 1. The molecule has 0 fully saturated rings. The summed E-state index contributed by atoms with van der Waals surface area (Å²) < 4.78 is 5.20. The zero-order chi connectivity index (χ0) is 19.9. The Hall–Kier alpha value is -2.92. The van der Waals surface area contributed by atoms with Crippen molar-refractivity contribution in [2.24, 2.45) is 0 Å². The van der Waals surface area contributed by atoms with Crippen molar-refractivity contribution in [3.63, 3.8) is 0 Å². The Labute approximate surface area is 166 Å². The van der Waals surface area contributed by atoms with Crippen molar-refractivity contribution in [3.05, 3.63) is 77.5 Å². The summed E-state index contributed by atoms with van der Waals surface area (Å²) in [7, 11) is 1.63. The topological polar surface area (TPSA) is 49.9 Å². The van der Waals surface area contributed by atoms with Gasteiger partial charge in [-0.15, -0.1) is 0 Å². The molecular weight excluding hydrogens is 352 g/mol. The highest BCUT2D eigenvalue weighted by molar-refractivity contribution is 5.82. The van der Waals surface area contributed by atoms with Crippen LogP contribution in [0.1, 0.15) is 36.1 Å². The van der Waals surface area contributed by atoms with Crippen LogP contribution in [0.15, 0.2) is 60.8 Å². The molecule has 0 saturated heterocycles. The molecule has 5 nitrogen and oxygen atoms in total. The Balaban J connectivity index is 1.82. The van der Waals surface area contributed by atoms with Gasteiger partial charge in [0.25, 0.3) is 0 Å². The first-order valence-electron chi connectivity index (χ1n) is 9.47. The molecule has 0 spiro atoms. The molecule has 1 unspecified atom stereocenters. The molecule has 1 aliphatic heterocycles. The second-order valence-electron chi connectivity index (χ2n) is 6.88. The molecule has 0 aromatic heterocycles. The first-order chi connectivity index (χ1) is 13.6. The molecule has 28 heavy (non-hydrogen) atoms. The van der Waals surface area contributed by atoms with E-state index in [1.165, 1.54) is 6.92 Å². The number of amides is 2. The maximum absolute atomic E-state index is 13.2. The molecule has 2 aromatic carbocycles. The highest BCUT2D eigenvalue weighted by Gasteiger charge is 2.29. The molecule has 1 atom stereocenters. The van der Waals surface area contributed by atoms with Crippen LogP contribution in [0.5, 0.6) is 0 Å². The lowest BCUT2D eigenvalue weighted by Gasteiger charge is -2.34. The molecule has 5 heteroatoms. The Morgan fingerprint density at radius 2 is 1.79 bits per heavy atom. The van der Waals surface area contributed by atoms with Gasteiger partial charge in [0.2, 0.25) is 11.8 Å². The SMILES string of the molecule is COCCN(Cc1ccccc1)C(=O)CC1c2ccccc2C=CN1C(C)=O. The maximum Gasteiger partial charge on any atom is 0.225 e. The van der Waals surface area contributed by atoms with Crippen molar-refractivity contribution < 1.29 is 14.3 Å². The van der Waals surface area contributed by atoms with E-state index < -0.39 is 0 Å². The summed E-state index contributed by atoms with van der Waals surface area (Å²) in [5.41, 5.74) is 3.11. The lowest BCUT2D eigenvalue weighted by Crippen LogP contribution is -2.38. The van der Waals surface area contributed by atoms with Crippen LogP contribution >= 0.6 is 0 Å². The number of carbonyl (C=O) groups is 2. The lowest BCUT2D eigenvalue weighted by atomic mass is 9.93. The summed E-state index contributed by atoms with van der Waals surface area (Å²) in [5, 5.41) is 0. The fourth-order valence-corrected chi connectivity index (χ4v) is 3.50. The molecule has 146 valence electrons. The van der Waals surface area contributed by atoms with Crippen molar-refractivity contribution >= 4 is 17.9 Å². The molecule has 0 saturated carbocycles. The maximum atomic E-state index is 13.2. The van der Waals surface area contributed by atoms with Gasteiger partial charge in [-0.05, 0) is 22.8 Å². The Kier molecular flexibility index (Phi) is 6.61. The smallest absolute Gasteiger partial charge is 0.225 e. The van der Waals surface area contributed by atoms with Crippen LogP contribution in [0.25, 0.3) is 6.08 Å². The van der Waals surface area contributed by atoms with Gasteiger partial charge < -0.3 is 14.5 Å².